The maximum atomic E-state index is 12.4. The highest BCUT2D eigenvalue weighted by molar-refractivity contribution is 5.80. The van der Waals surface area contributed by atoms with Gasteiger partial charge in [0.2, 0.25) is 11.9 Å². The minimum Gasteiger partial charge on any atom is -0.363 e. The molecule has 0 aromatic carbocycles. The lowest BCUT2D eigenvalue weighted by Gasteiger charge is -2.35. The van der Waals surface area contributed by atoms with Crippen LogP contribution in [0.3, 0.4) is 0 Å². The van der Waals surface area contributed by atoms with Gasteiger partial charge in [0.15, 0.2) is 0 Å². The van der Waals surface area contributed by atoms with Gasteiger partial charge in [-0.1, -0.05) is 0 Å². The number of carbonyl (C=O) groups excluding carboxylic acids is 1. The summed E-state index contributed by atoms with van der Waals surface area (Å²) < 4.78 is 6.12. The van der Waals surface area contributed by atoms with Gasteiger partial charge in [0, 0.05) is 32.0 Å². The molecule has 136 valence electrons. The Morgan fingerprint density at radius 1 is 1.16 bits per heavy atom. The topological polar surface area (TPSA) is 70.6 Å². The van der Waals surface area contributed by atoms with Crippen LogP contribution in [0.4, 0.5) is 5.95 Å². The van der Waals surface area contributed by atoms with E-state index in [1.165, 1.54) is 12.8 Å². The fourth-order valence-corrected chi connectivity index (χ4v) is 4.26. The second kappa shape index (κ2) is 7.66. The summed E-state index contributed by atoms with van der Waals surface area (Å²) in [6, 6.07) is 2.12. The number of aromatic nitrogens is 2. The predicted octanol–water partition coefficient (Wildman–Crippen LogP) is 0.815. The van der Waals surface area contributed by atoms with Crippen molar-refractivity contribution >= 4 is 11.9 Å². The normalized spacial score (nSPS) is 29.6. The molecule has 4 rings (SSSR count). The number of nitrogens with one attached hydrogen (secondary N) is 1. The van der Waals surface area contributed by atoms with Crippen molar-refractivity contribution in [2.24, 2.45) is 0 Å². The van der Waals surface area contributed by atoms with Crippen molar-refractivity contribution in [1.29, 1.82) is 0 Å². The molecule has 3 aliphatic heterocycles. The number of anilines is 1. The van der Waals surface area contributed by atoms with Gasteiger partial charge in [-0.25, -0.2) is 9.97 Å². The first-order valence-electron chi connectivity index (χ1n) is 9.50. The number of carbonyl (C=O) groups is 1. The van der Waals surface area contributed by atoms with Crippen molar-refractivity contribution in [3.63, 3.8) is 0 Å². The maximum Gasteiger partial charge on any atom is 0.249 e. The van der Waals surface area contributed by atoms with Crippen LogP contribution in [0.5, 0.6) is 0 Å². The van der Waals surface area contributed by atoms with E-state index in [4.69, 9.17) is 4.74 Å². The van der Waals surface area contributed by atoms with E-state index in [0.717, 1.165) is 57.9 Å². The number of amides is 1. The van der Waals surface area contributed by atoms with Crippen LogP contribution < -0.4 is 10.2 Å². The van der Waals surface area contributed by atoms with E-state index in [2.05, 4.69) is 25.1 Å². The van der Waals surface area contributed by atoms with Crippen molar-refractivity contribution in [3.05, 3.63) is 18.5 Å². The zero-order valence-electron chi connectivity index (χ0n) is 14.6. The molecule has 0 spiro atoms. The summed E-state index contributed by atoms with van der Waals surface area (Å²) >= 11 is 0. The summed E-state index contributed by atoms with van der Waals surface area (Å²) in [6.07, 6.45) is 8.55. The smallest absolute Gasteiger partial charge is 0.249 e. The average Bonchev–Trinajstić information content (AvgIpc) is 3.31. The second-order valence-corrected chi connectivity index (χ2v) is 7.18. The Kier molecular flexibility index (Phi) is 5.12. The van der Waals surface area contributed by atoms with Crippen LogP contribution in [0.1, 0.15) is 32.1 Å². The molecule has 7 nitrogen and oxygen atoms in total. The van der Waals surface area contributed by atoms with E-state index in [9.17, 15) is 4.79 Å². The molecule has 3 saturated heterocycles. The number of hydrogen-bond donors (Lipinski definition) is 1. The Morgan fingerprint density at radius 2 is 1.96 bits per heavy atom. The summed E-state index contributed by atoms with van der Waals surface area (Å²) in [7, 11) is 0. The molecular weight excluding hydrogens is 318 g/mol. The number of fused-ring (bicyclic) bond motifs is 1. The molecule has 0 saturated carbocycles. The fourth-order valence-electron chi connectivity index (χ4n) is 4.26. The Morgan fingerprint density at radius 3 is 2.76 bits per heavy atom. The van der Waals surface area contributed by atoms with Crippen molar-refractivity contribution in [2.75, 3.05) is 37.6 Å². The van der Waals surface area contributed by atoms with Crippen LogP contribution in [0, 0.1) is 0 Å². The van der Waals surface area contributed by atoms with Gasteiger partial charge in [0.1, 0.15) is 6.10 Å². The lowest BCUT2D eigenvalue weighted by atomic mass is 9.99. The van der Waals surface area contributed by atoms with Gasteiger partial charge in [0.05, 0.1) is 12.1 Å². The lowest BCUT2D eigenvalue weighted by molar-refractivity contribution is -0.141. The molecule has 3 aliphatic rings. The third kappa shape index (κ3) is 3.77. The molecule has 1 aromatic heterocycles. The van der Waals surface area contributed by atoms with Gasteiger partial charge in [-0.3, -0.25) is 4.79 Å². The van der Waals surface area contributed by atoms with E-state index in [-0.39, 0.29) is 24.2 Å². The zero-order chi connectivity index (χ0) is 17.1. The molecule has 1 N–H and O–H groups in total. The molecule has 0 aliphatic carbocycles. The molecule has 3 fully saturated rings. The average molecular weight is 345 g/mol. The highest BCUT2D eigenvalue weighted by Gasteiger charge is 2.42. The highest BCUT2D eigenvalue weighted by Crippen LogP contribution is 2.33. The molecule has 0 bridgehead atoms. The Labute approximate surface area is 148 Å². The van der Waals surface area contributed by atoms with Crippen molar-refractivity contribution in [2.45, 2.75) is 50.4 Å². The summed E-state index contributed by atoms with van der Waals surface area (Å²) in [6.45, 7) is 4.89. The van der Waals surface area contributed by atoms with Gasteiger partial charge in [-0.05, 0) is 51.3 Å². The number of likely N-dealkylation sites (tertiary alicyclic amines) is 1. The second-order valence-electron chi connectivity index (χ2n) is 7.18. The van der Waals surface area contributed by atoms with E-state index in [1.807, 2.05) is 6.07 Å². The fraction of sp³-hybridized carbons (Fsp3) is 0.722. The molecule has 1 amide bonds. The molecule has 7 heteroatoms. The quantitative estimate of drug-likeness (QED) is 0.852. The van der Waals surface area contributed by atoms with E-state index >= 15 is 0 Å². The Balaban J connectivity index is 1.26. The Hall–Kier alpha value is -1.73. The first-order chi connectivity index (χ1) is 12.3. The number of nitrogens with zero attached hydrogens (tertiary/aromatic N) is 4. The number of ether oxygens (including phenoxy) is 1. The number of hydrogen-bond acceptors (Lipinski definition) is 6. The van der Waals surface area contributed by atoms with Crippen molar-refractivity contribution in [3.8, 4) is 0 Å². The van der Waals surface area contributed by atoms with Gasteiger partial charge in [-0.15, -0.1) is 0 Å². The third-order valence-corrected chi connectivity index (χ3v) is 5.58. The molecular formula is C18H27N5O2. The minimum atomic E-state index is -0.309. The summed E-state index contributed by atoms with van der Waals surface area (Å²) in [4.78, 5) is 25.8. The zero-order valence-corrected chi connectivity index (χ0v) is 14.6. The Bertz CT molecular complexity index is 578. The van der Waals surface area contributed by atoms with E-state index < -0.39 is 0 Å². The standard InChI is InChI=1S/C18H27N5O2/c24-17(19-9-13-22-10-1-2-11-22)16-5-4-14-15(25-16)6-12-23(14)18-20-7-3-8-21-18/h3,7-8,14-16H,1-2,4-6,9-13H2,(H,19,24)/t14-,15-,16-/m1/s1. The van der Waals surface area contributed by atoms with Crippen LogP contribution in [-0.4, -0.2) is 71.7 Å². The number of rotatable bonds is 5. The predicted molar refractivity (Wildman–Crippen MR) is 94.4 cm³/mol. The van der Waals surface area contributed by atoms with Gasteiger partial charge < -0.3 is 19.9 Å². The molecule has 0 unspecified atom stereocenters. The largest absolute Gasteiger partial charge is 0.363 e. The van der Waals surface area contributed by atoms with Crippen LogP contribution >= 0.6 is 0 Å². The van der Waals surface area contributed by atoms with E-state index in [0.29, 0.717) is 0 Å². The van der Waals surface area contributed by atoms with Crippen LogP contribution in [0.2, 0.25) is 0 Å². The van der Waals surface area contributed by atoms with Gasteiger partial charge in [-0.2, -0.15) is 0 Å². The third-order valence-electron chi connectivity index (χ3n) is 5.58. The van der Waals surface area contributed by atoms with E-state index in [1.54, 1.807) is 12.4 Å². The lowest BCUT2D eigenvalue weighted by Crippen LogP contribution is -2.49. The molecule has 1 aromatic rings. The first kappa shape index (κ1) is 16.7. The summed E-state index contributed by atoms with van der Waals surface area (Å²) in [5.41, 5.74) is 0. The van der Waals surface area contributed by atoms with Gasteiger partial charge >= 0.3 is 0 Å². The van der Waals surface area contributed by atoms with Crippen LogP contribution in [-0.2, 0) is 9.53 Å². The molecule has 4 heterocycles. The van der Waals surface area contributed by atoms with Crippen LogP contribution in [0.25, 0.3) is 0 Å². The monoisotopic (exact) mass is 345 g/mol. The first-order valence-corrected chi connectivity index (χ1v) is 9.50. The maximum absolute atomic E-state index is 12.4. The minimum absolute atomic E-state index is 0.0482. The molecule has 3 atom stereocenters. The van der Waals surface area contributed by atoms with Crippen molar-refractivity contribution in [1.82, 2.24) is 20.2 Å². The molecule has 25 heavy (non-hydrogen) atoms. The SMILES string of the molecule is O=C(NCCN1CCCC1)[C@H]1CC[C@@H]2[C@@H](CCN2c2ncccn2)O1. The molecule has 0 radical (unpaired) electrons. The summed E-state index contributed by atoms with van der Waals surface area (Å²) in [5.74, 6) is 0.819. The highest BCUT2D eigenvalue weighted by atomic mass is 16.5. The van der Waals surface area contributed by atoms with Gasteiger partial charge in [0.25, 0.3) is 0 Å². The summed E-state index contributed by atoms with van der Waals surface area (Å²) in [5, 5.41) is 3.06. The van der Waals surface area contributed by atoms with Crippen molar-refractivity contribution < 1.29 is 9.53 Å². The van der Waals surface area contributed by atoms with Crippen LogP contribution in [0.15, 0.2) is 18.5 Å².